The van der Waals surface area contributed by atoms with Crippen molar-refractivity contribution in [1.29, 1.82) is 0 Å². The molecule has 3 heteroatoms. The van der Waals surface area contributed by atoms with E-state index in [0.717, 1.165) is 5.56 Å². The molecule has 2 rings (SSSR count). The van der Waals surface area contributed by atoms with E-state index in [9.17, 15) is 4.39 Å². The van der Waals surface area contributed by atoms with Crippen molar-refractivity contribution < 1.29 is 4.39 Å². The molecule has 0 aromatic heterocycles. The third kappa shape index (κ3) is 3.59. The molecule has 0 aliphatic rings. The summed E-state index contributed by atoms with van der Waals surface area (Å²) in [5, 5.41) is 0.506. The van der Waals surface area contributed by atoms with Gasteiger partial charge in [-0.3, -0.25) is 0 Å². The van der Waals surface area contributed by atoms with Crippen LogP contribution >= 0.6 is 11.6 Å². The minimum absolute atomic E-state index is 0.305. The predicted octanol–water partition coefficient (Wildman–Crippen LogP) is 4.85. The fraction of sp³-hybridized carbons (Fsp3) is 0.294. The molecule has 0 amide bonds. The van der Waals surface area contributed by atoms with E-state index in [0.29, 0.717) is 22.9 Å². The SMILES string of the molecule is CC(C)c1ccc(CC(N)c2cc(Cl)ccc2F)cc1. The molecule has 2 aromatic rings. The minimum atomic E-state index is -0.390. The van der Waals surface area contributed by atoms with Crippen molar-refractivity contribution in [2.24, 2.45) is 5.73 Å². The number of hydrogen-bond donors (Lipinski definition) is 1. The van der Waals surface area contributed by atoms with Gasteiger partial charge in [0.2, 0.25) is 0 Å². The summed E-state index contributed by atoms with van der Waals surface area (Å²) >= 11 is 5.90. The number of hydrogen-bond acceptors (Lipinski definition) is 1. The first kappa shape index (κ1) is 15.0. The molecular weight excluding hydrogens is 273 g/mol. The van der Waals surface area contributed by atoms with Gasteiger partial charge in [0.1, 0.15) is 5.82 Å². The third-order valence-electron chi connectivity index (χ3n) is 3.46. The molecule has 2 N–H and O–H groups in total. The molecule has 0 heterocycles. The molecule has 1 nitrogen and oxygen atoms in total. The van der Waals surface area contributed by atoms with Gasteiger partial charge in [0.25, 0.3) is 0 Å². The second-order valence-corrected chi connectivity index (χ2v) is 5.81. The van der Waals surface area contributed by atoms with Crippen LogP contribution in [0.4, 0.5) is 4.39 Å². The first-order valence-electron chi connectivity index (χ1n) is 6.76. The van der Waals surface area contributed by atoms with Gasteiger partial charge < -0.3 is 5.73 Å². The van der Waals surface area contributed by atoms with Gasteiger partial charge in [0.05, 0.1) is 0 Å². The fourth-order valence-electron chi connectivity index (χ4n) is 2.20. The monoisotopic (exact) mass is 291 g/mol. The smallest absolute Gasteiger partial charge is 0.128 e. The molecular formula is C17H19ClFN. The third-order valence-corrected chi connectivity index (χ3v) is 3.69. The van der Waals surface area contributed by atoms with Gasteiger partial charge in [-0.15, -0.1) is 0 Å². The van der Waals surface area contributed by atoms with Gasteiger partial charge in [-0.25, -0.2) is 4.39 Å². The van der Waals surface area contributed by atoms with Crippen LogP contribution in [0.5, 0.6) is 0 Å². The summed E-state index contributed by atoms with van der Waals surface area (Å²) in [4.78, 5) is 0. The first-order valence-corrected chi connectivity index (χ1v) is 7.14. The van der Waals surface area contributed by atoms with E-state index < -0.39 is 6.04 Å². The Bertz CT molecular complexity index is 578. The Morgan fingerprint density at radius 2 is 1.75 bits per heavy atom. The van der Waals surface area contributed by atoms with Crippen molar-refractivity contribution in [1.82, 2.24) is 0 Å². The van der Waals surface area contributed by atoms with E-state index >= 15 is 0 Å². The zero-order chi connectivity index (χ0) is 14.7. The Balaban J connectivity index is 2.14. The van der Waals surface area contributed by atoms with Crippen molar-refractivity contribution in [3.8, 4) is 0 Å². The van der Waals surface area contributed by atoms with E-state index in [2.05, 4.69) is 38.1 Å². The summed E-state index contributed by atoms with van der Waals surface area (Å²) in [6.45, 7) is 4.31. The standard InChI is InChI=1S/C17H19ClFN/c1-11(2)13-5-3-12(4-6-13)9-17(20)15-10-14(18)7-8-16(15)19/h3-8,10-11,17H,9,20H2,1-2H3. The van der Waals surface area contributed by atoms with Crippen LogP contribution in [0.2, 0.25) is 5.02 Å². The van der Waals surface area contributed by atoms with Crippen LogP contribution in [0, 0.1) is 5.82 Å². The van der Waals surface area contributed by atoms with Crippen molar-refractivity contribution in [2.45, 2.75) is 32.2 Å². The van der Waals surface area contributed by atoms with E-state index in [4.69, 9.17) is 17.3 Å². The maximum atomic E-state index is 13.8. The summed E-state index contributed by atoms with van der Waals surface area (Å²) < 4.78 is 13.8. The van der Waals surface area contributed by atoms with Gasteiger partial charge in [0, 0.05) is 16.6 Å². The summed E-state index contributed by atoms with van der Waals surface area (Å²) in [7, 11) is 0. The molecule has 0 saturated heterocycles. The average molecular weight is 292 g/mol. The van der Waals surface area contributed by atoms with Gasteiger partial charge in [-0.1, -0.05) is 49.7 Å². The lowest BCUT2D eigenvalue weighted by atomic mass is 9.96. The van der Waals surface area contributed by atoms with Crippen molar-refractivity contribution in [3.63, 3.8) is 0 Å². The van der Waals surface area contributed by atoms with Crippen LogP contribution in [0.3, 0.4) is 0 Å². The highest BCUT2D eigenvalue weighted by Gasteiger charge is 2.13. The highest BCUT2D eigenvalue weighted by Crippen LogP contribution is 2.23. The summed E-state index contributed by atoms with van der Waals surface area (Å²) in [6, 6.07) is 12.4. The zero-order valence-corrected chi connectivity index (χ0v) is 12.5. The van der Waals surface area contributed by atoms with Crippen LogP contribution in [0.1, 0.15) is 42.5 Å². The van der Waals surface area contributed by atoms with E-state index in [1.807, 2.05) is 0 Å². The number of benzene rings is 2. The maximum absolute atomic E-state index is 13.8. The van der Waals surface area contributed by atoms with Gasteiger partial charge in [-0.05, 0) is 41.7 Å². The van der Waals surface area contributed by atoms with E-state index in [1.54, 1.807) is 6.07 Å². The maximum Gasteiger partial charge on any atom is 0.128 e. The molecule has 0 aliphatic heterocycles. The Morgan fingerprint density at radius 3 is 2.35 bits per heavy atom. The van der Waals surface area contributed by atoms with Gasteiger partial charge >= 0.3 is 0 Å². The molecule has 106 valence electrons. The van der Waals surface area contributed by atoms with Crippen molar-refractivity contribution in [2.75, 3.05) is 0 Å². The van der Waals surface area contributed by atoms with E-state index in [1.165, 1.54) is 17.7 Å². The number of rotatable bonds is 4. The fourth-order valence-corrected chi connectivity index (χ4v) is 2.38. The largest absolute Gasteiger partial charge is 0.324 e. The molecule has 0 aliphatic carbocycles. The Labute approximate surface area is 124 Å². The Hall–Kier alpha value is -1.38. The van der Waals surface area contributed by atoms with Crippen molar-refractivity contribution in [3.05, 3.63) is 70.0 Å². The average Bonchev–Trinajstić information content (AvgIpc) is 2.42. The quantitative estimate of drug-likeness (QED) is 0.856. The summed E-state index contributed by atoms with van der Waals surface area (Å²) in [5.74, 6) is 0.198. The zero-order valence-electron chi connectivity index (χ0n) is 11.7. The lowest BCUT2D eigenvalue weighted by Gasteiger charge is -2.14. The molecule has 0 bridgehead atoms. The molecule has 0 saturated carbocycles. The number of halogens is 2. The van der Waals surface area contributed by atoms with Crippen LogP contribution in [-0.4, -0.2) is 0 Å². The molecule has 20 heavy (non-hydrogen) atoms. The highest BCUT2D eigenvalue weighted by atomic mass is 35.5. The minimum Gasteiger partial charge on any atom is -0.324 e. The van der Waals surface area contributed by atoms with Crippen molar-refractivity contribution >= 4 is 11.6 Å². The first-order chi connectivity index (χ1) is 9.47. The second-order valence-electron chi connectivity index (χ2n) is 5.37. The number of nitrogens with two attached hydrogens (primary N) is 1. The van der Waals surface area contributed by atoms with Crippen LogP contribution in [0.25, 0.3) is 0 Å². The van der Waals surface area contributed by atoms with Crippen LogP contribution < -0.4 is 5.73 Å². The van der Waals surface area contributed by atoms with Crippen LogP contribution in [0.15, 0.2) is 42.5 Å². The molecule has 1 unspecified atom stereocenters. The Morgan fingerprint density at radius 1 is 1.10 bits per heavy atom. The van der Waals surface area contributed by atoms with Crippen LogP contribution in [-0.2, 0) is 6.42 Å². The molecule has 2 aromatic carbocycles. The molecule has 0 spiro atoms. The predicted molar refractivity (Wildman–Crippen MR) is 82.6 cm³/mol. The lowest BCUT2D eigenvalue weighted by Crippen LogP contribution is -2.15. The molecule has 0 radical (unpaired) electrons. The highest BCUT2D eigenvalue weighted by molar-refractivity contribution is 6.30. The normalized spacial score (nSPS) is 12.7. The summed E-state index contributed by atoms with van der Waals surface area (Å²) in [5.41, 5.74) is 8.95. The second kappa shape index (κ2) is 6.38. The molecule has 0 fully saturated rings. The van der Waals surface area contributed by atoms with Gasteiger partial charge in [-0.2, -0.15) is 0 Å². The molecule has 1 atom stereocenters. The van der Waals surface area contributed by atoms with Gasteiger partial charge in [0.15, 0.2) is 0 Å². The summed E-state index contributed by atoms with van der Waals surface area (Å²) in [6.07, 6.45) is 0.593. The van der Waals surface area contributed by atoms with E-state index in [-0.39, 0.29) is 5.82 Å². The topological polar surface area (TPSA) is 26.0 Å². The Kier molecular flexibility index (Phi) is 4.79. The lowest BCUT2D eigenvalue weighted by molar-refractivity contribution is 0.580.